The van der Waals surface area contributed by atoms with Gasteiger partial charge in [-0.2, -0.15) is 0 Å². The average molecular weight is 296 g/mol. The summed E-state index contributed by atoms with van der Waals surface area (Å²) in [6, 6.07) is 6.97. The van der Waals surface area contributed by atoms with Crippen LogP contribution in [0.4, 0.5) is 0 Å². The smallest absolute Gasteiger partial charge is 0.287 e. The maximum Gasteiger partial charge on any atom is 0.287 e. The van der Waals surface area contributed by atoms with E-state index in [0.717, 1.165) is 5.39 Å². The summed E-state index contributed by atoms with van der Waals surface area (Å²) in [7, 11) is 0. The van der Waals surface area contributed by atoms with Crippen molar-refractivity contribution in [3.63, 3.8) is 0 Å². The number of fused-ring (bicyclic) bond motifs is 1. The molecule has 0 spiro atoms. The fraction of sp³-hybridized carbons (Fsp3) is 0.400. The molecule has 1 aromatic heterocycles. The molecule has 0 saturated carbocycles. The molecule has 0 fully saturated rings. The molecule has 20 heavy (non-hydrogen) atoms. The Morgan fingerprint density at radius 3 is 2.75 bits per heavy atom. The molecular weight excluding hydrogens is 278 g/mol. The Balaban J connectivity index is 2.10. The Morgan fingerprint density at radius 1 is 1.45 bits per heavy atom. The molecule has 1 aromatic carbocycles. The molecule has 1 atom stereocenters. The Morgan fingerprint density at radius 2 is 2.15 bits per heavy atom. The Bertz CT molecular complexity index is 628. The number of aliphatic hydroxyl groups is 1. The zero-order valence-corrected chi connectivity index (χ0v) is 12.5. The molecule has 0 bridgehead atoms. The van der Waals surface area contributed by atoms with Gasteiger partial charge in [0.15, 0.2) is 11.3 Å². The molecule has 1 unspecified atom stereocenters. The summed E-state index contributed by atoms with van der Waals surface area (Å²) in [5.41, 5.74) is 0.209. The lowest BCUT2D eigenvalue weighted by molar-refractivity contribution is 0.0579. The van der Waals surface area contributed by atoms with Crippen LogP contribution in [0.5, 0.6) is 0 Å². The van der Waals surface area contributed by atoms with Gasteiger partial charge in [0.2, 0.25) is 0 Å². The van der Waals surface area contributed by atoms with Gasteiger partial charge >= 0.3 is 0 Å². The first-order valence-electron chi connectivity index (χ1n) is 6.43. The highest BCUT2D eigenvalue weighted by Crippen LogP contribution is 2.26. The van der Waals surface area contributed by atoms with Gasteiger partial charge in [0.25, 0.3) is 5.91 Å². The molecule has 1 heterocycles. The van der Waals surface area contributed by atoms with Crippen molar-refractivity contribution < 1.29 is 14.3 Å². The summed E-state index contributed by atoms with van der Waals surface area (Å²) < 4.78 is 5.45. The fourth-order valence-corrected chi connectivity index (χ4v) is 1.94. The maximum absolute atomic E-state index is 12.0. The molecule has 0 aliphatic carbocycles. The molecule has 2 aromatic rings. The van der Waals surface area contributed by atoms with Crippen LogP contribution in [-0.2, 0) is 0 Å². The van der Waals surface area contributed by atoms with E-state index in [9.17, 15) is 9.90 Å². The van der Waals surface area contributed by atoms with Gasteiger partial charge < -0.3 is 14.8 Å². The average Bonchev–Trinajstić information content (AvgIpc) is 2.79. The van der Waals surface area contributed by atoms with Gasteiger partial charge in [-0.1, -0.05) is 44.5 Å². The van der Waals surface area contributed by atoms with Crippen molar-refractivity contribution in [2.45, 2.75) is 26.9 Å². The van der Waals surface area contributed by atoms with Crippen molar-refractivity contribution in [1.29, 1.82) is 0 Å². The van der Waals surface area contributed by atoms with Gasteiger partial charge in [-0.25, -0.2) is 0 Å². The quantitative estimate of drug-likeness (QED) is 0.914. The summed E-state index contributed by atoms with van der Waals surface area (Å²) in [6.07, 6.45) is -0.626. The van der Waals surface area contributed by atoms with Crippen LogP contribution in [0.15, 0.2) is 28.7 Å². The number of carbonyl (C=O) groups excluding carboxylic acids is 1. The minimum atomic E-state index is -0.626. The van der Waals surface area contributed by atoms with Crippen LogP contribution in [0, 0.1) is 5.41 Å². The number of para-hydroxylation sites is 1. The van der Waals surface area contributed by atoms with Gasteiger partial charge in [0.05, 0.1) is 11.1 Å². The lowest BCUT2D eigenvalue weighted by Crippen LogP contribution is -2.39. The standard InChI is InChI=1S/C15H18ClNO3/c1-15(2,3)12(18)8-17-14(19)11-7-9-5-4-6-10(16)13(9)20-11/h4-7,12,18H,8H2,1-3H3,(H,17,19). The number of hydrogen-bond acceptors (Lipinski definition) is 3. The van der Waals surface area contributed by atoms with E-state index in [-0.39, 0.29) is 23.6 Å². The molecule has 4 nitrogen and oxygen atoms in total. The fourth-order valence-electron chi connectivity index (χ4n) is 1.72. The van der Waals surface area contributed by atoms with E-state index >= 15 is 0 Å². The van der Waals surface area contributed by atoms with E-state index in [2.05, 4.69) is 5.32 Å². The number of amides is 1. The normalized spacial score (nSPS) is 13.4. The van der Waals surface area contributed by atoms with Crippen molar-refractivity contribution >= 4 is 28.5 Å². The predicted molar refractivity (Wildman–Crippen MR) is 79.0 cm³/mol. The molecule has 0 saturated heterocycles. The van der Waals surface area contributed by atoms with Crippen LogP contribution in [0.25, 0.3) is 11.0 Å². The minimum absolute atomic E-state index is 0.174. The Hall–Kier alpha value is -1.52. The third-order valence-electron chi connectivity index (χ3n) is 3.18. The molecule has 108 valence electrons. The number of hydrogen-bond donors (Lipinski definition) is 2. The molecule has 0 aliphatic heterocycles. The molecule has 2 N–H and O–H groups in total. The van der Waals surface area contributed by atoms with Crippen molar-refractivity contribution in [1.82, 2.24) is 5.32 Å². The van der Waals surface area contributed by atoms with Crippen molar-refractivity contribution in [2.24, 2.45) is 5.41 Å². The SMILES string of the molecule is CC(C)(C)C(O)CNC(=O)c1cc2cccc(Cl)c2o1. The summed E-state index contributed by atoms with van der Waals surface area (Å²) in [6.45, 7) is 5.90. The second-order valence-electron chi connectivity index (χ2n) is 5.86. The van der Waals surface area contributed by atoms with Crippen LogP contribution in [0.1, 0.15) is 31.3 Å². The van der Waals surface area contributed by atoms with E-state index in [0.29, 0.717) is 10.6 Å². The molecular formula is C15H18ClNO3. The number of furan rings is 1. The first-order valence-corrected chi connectivity index (χ1v) is 6.81. The third kappa shape index (κ3) is 3.14. The van der Waals surface area contributed by atoms with E-state index in [1.54, 1.807) is 18.2 Å². The van der Waals surface area contributed by atoms with Gasteiger partial charge in [-0.05, 0) is 17.5 Å². The van der Waals surface area contributed by atoms with Crippen molar-refractivity contribution in [2.75, 3.05) is 6.54 Å². The van der Waals surface area contributed by atoms with E-state index in [1.807, 2.05) is 26.8 Å². The topological polar surface area (TPSA) is 62.5 Å². The lowest BCUT2D eigenvalue weighted by Gasteiger charge is -2.25. The van der Waals surface area contributed by atoms with Crippen LogP contribution in [0.3, 0.4) is 0 Å². The monoisotopic (exact) mass is 295 g/mol. The van der Waals surface area contributed by atoms with Gasteiger partial charge in [-0.15, -0.1) is 0 Å². The van der Waals surface area contributed by atoms with Crippen molar-refractivity contribution in [3.05, 3.63) is 35.0 Å². The summed E-state index contributed by atoms with van der Waals surface area (Å²) in [5.74, 6) is -0.172. The third-order valence-corrected chi connectivity index (χ3v) is 3.47. The molecule has 1 amide bonds. The number of carbonyl (C=O) groups is 1. The minimum Gasteiger partial charge on any atom is -0.449 e. The maximum atomic E-state index is 12.0. The number of benzene rings is 1. The number of rotatable bonds is 3. The highest BCUT2D eigenvalue weighted by atomic mass is 35.5. The van der Waals surface area contributed by atoms with E-state index in [1.165, 1.54) is 0 Å². The van der Waals surface area contributed by atoms with Gasteiger partial charge in [0.1, 0.15) is 0 Å². The Labute approximate surface area is 122 Å². The second-order valence-corrected chi connectivity index (χ2v) is 6.27. The van der Waals surface area contributed by atoms with Crippen LogP contribution < -0.4 is 5.32 Å². The van der Waals surface area contributed by atoms with Crippen LogP contribution in [-0.4, -0.2) is 23.7 Å². The van der Waals surface area contributed by atoms with E-state index in [4.69, 9.17) is 16.0 Å². The summed E-state index contributed by atoms with van der Waals surface area (Å²) in [4.78, 5) is 12.0. The zero-order valence-electron chi connectivity index (χ0n) is 11.7. The second kappa shape index (κ2) is 5.46. The number of nitrogens with one attached hydrogen (secondary N) is 1. The molecule has 0 radical (unpaired) electrons. The first-order chi connectivity index (χ1) is 9.29. The zero-order chi connectivity index (χ0) is 14.9. The Kier molecular flexibility index (Phi) is 4.06. The van der Waals surface area contributed by atoms with E-state index < -0.39 is 6.10 Å². The van der Waals surface area contributed by atoms with Gasteiger partial charge in [0, 0.05) is 11.9 Å². The largest absolute Gasteiger partial charge is 0.449 e. The summed E-state index contributed by atoms with van der Waals surface area (Å²) >= 11 is 6.00. The van der Waals surface area contributed by atoms with Crippen LogP contribution >= 0.6 is 11.6 Å². The number of aliphatic hydroxyl groups excluding tert-OH is 1. The number of halogens is 1. The highest BCUT2D eigenvalue weighted by Gasteiger charge is 2.23. The molecule has 5 heteroatoms. The lowest BCUT2D eigenvalue weighted by atomic mass is 9.89. The summed E-state index contributed by atoms with van der Waals surface area (Å²) in [5, 5.41) is 13.8. The van der Waals surface area contributed by atoms with Crippen molar-refractivity contribution in [3.8, 4) is 0 Å². The first kappa shape index (κ1) is 14.9. The predicted octanol–water partition coefficient (Wildman–Crippen LogP) is 3.22. The molecule has 0 aliphatic rings. The highest BCUT2D eigenvalue weighted by molar-refractivity contribution is 6.34. The molecule has 2 rings (SSSR count). The van der Waals surface area contributed by atoms with Crippen LogP contribution in [0.2, 0.25) is 5.02 Å². The van der Waals surface area contributed by atoms with Gasteiger partial charge in [-0.3, -0.25) is 4.79 Å².